The fourth-order valence-electron chi connectivity index (χ4n) is 1.80. The van der Waals surface area contributed by atoms with Gasteiger partial charge in [-0.1, -0.05) is 42.7 Å². The van der Waals surface area contributed by atoms with E-state index in [4.69, 9.17) is 22.5 Å². The molecule has 0 spiro atoms. The van der Waals surface area contributed by atoms with E-state index < -0.39 is 0 Å². The summed E-state index contributed by atoms with van der Waals surface area (Å²) in [6.07, 6.45) is 0. The molecule has 0 aliphatic rings. The van der Waals surface area contributed by atoms with Crippen molar-refractivity contribution in [3.63, 3.8) is 0 Å². The minimum Gasteiger partial charge on any atom is -0.409 e. The molecule has 0 aliphatic carbocycles. The average molecular weight is 288 g/mol. The van der Waals surface area contributed by atoms with Crippen LogP contribution in [0.1, 0.15) is 19.4 Å². The maximum atomic E-state index is 13.8. The maximum Gasteiger partial charge on any atom is 0.146 e. The normalized spacial score (nSPS) is 13.8. The molecule has 0 aliphatic heterocycles. The average Bonchev–Trinajstić information content (AvgIpc) is 2.41. The van der Waals surface area contributed by atoms with Gasteiger partial charge in [0.05, 0.1) is 5.02 Å². The third-order valence-electron chi connectivity index (χ3n) is 3.03. The number of hydrogen-bond donors (Lipinski definition) is 2. The Morgan fingerprint density at radius 1 is 1.58 bits per heavy atom. The topological polar surface area (TPSA) is 61.8 Å². The predicted octanol–water partition coefficient (Wildman–Crippen LogP) is 2.68. The second-order valence-corrected chi connectivity index (χ2v) is 4.87. The molecule has 0 saturated heterocycles. The fourth-order valence-corrected chi connectivity index (χ4v) is 1.99. The van der Waals surface area contributed by atoms with Crippen LogP contribution >= 0.6 is 11.6 Å². The highest BCUT2D eigenvalue weighted by Crippen LogP contribution is 2.19. The Hall–Kier alpha value is -1.33. The third kappa shape index (κ3) is 4.36. The molecule has 1 atom stereocenters. The molecule has 4 nitrogen and oxygen atoms in total. The van der Waals surface area contributed by atoms with Gasteiger partial charge in [-0.15, -0.1) is 0 Å². The van der Waals surface area contributed by atoms with Gasteiger partial charge in [-0.05, 0) is 12.6 Å². The highest BCUT2D eigenvalue weighted by atomic mass is 35.5. The summed E-state index contributed by atoms with van der Waals surface area (Å²) in [6, 6.07) is 4.95. The Morgan fingerprint density at radius 3 is 2.84 bits per heavy atom. The van der Waals surface area contributed by atoms with Crippen molar-refractivity contribution in [3.05, 3.63) is 34.6 Å². The molecular weight excluding hydrogens is 269 g/mol. The first-order chi connectivity index (χ1) is 8.99. The quantitative estimate of drug-likeness (QED) is 0.366. The highest BCUT2D eigenvalue weighted by molar-refractivity contribution is 6.30. The molecule has 6 heteroatoms. The van der Waals surface area contributed by atoms with Crippen molar-refractivity contribution in [2.45, 2.75) is 20.4 Å². The van der Waals surface area contributed by atoms with Gasteiger partial charge in [0.25, 0.3) is 0 Å². The van der Waals surface area contributed by atoms with Gasteiger partial charge in [-0.2, -0.15) is 0 Å². The maximum absolute atomic E-state index is 13.8. The lowest BCUT2D eigenvalue weighted by Crippen LogP contribution is -2.34. The van der Waals surface area contributed by atoms with Crippen molar-refractivity contribution in [1.29, 1.82) is 0 Å². The minimum atomic E-state index is -0.390. The SMILES string of the molecule is CCN(Cc1cccc(Cl)c1F)CC(C)/C(N)=N/O. The Bertz CT molecular complexity index is 454. The molecule has 1 unspecified atom stereocenters. The largest absolute Gasteiger partial charge is 0.409 e. The molecule has 19 heavy (non-hydrogen) atoms. The molecule has 0 saturated carbocycles. The predicted molar refractivity (Wildman–Crippen MR) is 74.9 cm³/mol. The van der Waals surface area contributed by atoms with Crippen LogP contribution in [-0.4, -0.2) is 29.0 Å². The van der Waals surface area contributed by atoms with Crippen LogP contribution in [0.15, 0.2) is 23.4 Å². The van der Waals surface area contributed by atoms with Crippen LogP contribution in [0.4, 0.5) is 4.39 Å². The first-order valence-corrected chi connectivity index (χ1v) is 6.50. The molecule has 1 aromatic carbocycles. The molecule has 0 amide bonds. The van der Waals surface area contributed by atoms with E-state index in [1.807, 2.05) is 18.7 Å². The van der Waals surface area contributed by atoms with Crippen LogP contribution in [0.25, 0.3) is 0 Å². The van der Waals surface area contributed by atoms with E-state index in [1.54, 1.807) is 12.1 Å². The zero-order valence-corrected chi connectivity index (χ0v) is 11.9. The van der Waals surface area contributed by atoms with Crippen molar-refractivity contribution in [2.75, 3.05) is 13.1 Å². The Morgan fingerprint density at radius 2 is 2.26 bits per heavy atom. The van der Waals surface area contributed by atoms with Gasteiger partial charge in [0.15, 0.2) is 0 Å². The van der Waals surface area contributed by atoms with Gasteiger partial charge < -0.3 is 10.9 Å². The summed E-state index contributed by atoms with van der Waals surface area (Å²) in [6.45, 7) is 5.58. The second kappa shape index (κ2) is 7.31. The summed E-state index contributed by atoms with van der Waals surface area (Å²) in [5.41, 5.74) is 6.09. The lowest BCUT2D eigenvalue weighted by Gasteiger charge is -2.24. The third-order valence-corrected chi connectivity index (χ3v) is 3.32. The van der Waals surface area contributed by atoms with Gasteiger partial charge in [0.2, 0.25) is 0 Å². The smallest absolute Gasteiger partial charge is 0.146 e. The van der Waals surface area contributed by atoms with E-state index in [0.29, 0.717) is 18.7 Å². The van der Waals surface area contributed by atoms with Crippen molar-refractivity contribution >= 4 is 17.4 Å². The Labute approximate surface area is 117 Å². The second-order valence-electron chi connectivity index (χ2n) is 4.47. The van der Waals surface area contributed by atoms with Gasteiger partial charge in [0, 0.05) is 24.6 Å². The van der Waals surface area contributed by atoms with Gasteiger partial charge in [-0.25, -0.2) is 4.39 Å². The lowest BCUT2D eigenvalue weighted by molar-refractivity contribution is 0.254. The van der Waals surface area contributed by atoms with Crippen molar-refractivity contribution in [1.82, 2.24) is 4.90 Å². The zero-order chi connectivity index (χ0) is 14.4. The molecule has 3 N–H and O–H groups in total. The number of hydrogen-bond acceptors (Lipinski definition) is 3. The van der Waals surface area contributed by atoms with Crippen LogP contribution in [0, 0.1) is 11.7 Å². The first-order valence-electron chi connectivity index (χ1n) is 6.12. The molecule has 0 fully saturated rings. The number of nitrogens with two attached hydrogens (primary N) is 1. The van der Waals surface area contributed by atoms with Gasteiger partial charge >= 0.3 is 0 Å². The molecular formula is C13H19ClFN3O. The molecule has 0 radical (unpaired) electrons. The van der Waals surface area contributed by atoms with Crippen LogP contribution in [-0.2, 0) is 6.54 Å². The lowest BCUT2D eigenvalue weighted by atomic mass is 10.1. The van der Waals surface area contributed by atoms with Crippen LogP contribution in [0.2, 0.25) is 5.02 Å². The van der Waals surface area contributed by atoms with Gasteiger partial charge in [0.1, 0.15) is 11.7 Å². The molecule has 1 rings (SSSR count). The number of oxime groups is 1. The number of rotatable bonds is 6. The molecule has 1 aromatic rings. The summed E-state index contributed by atoms with van der Waals surface area (Å²) in [7, 11) is 0. The highest BCUT2D eigenvalue weighted by Gasteiger charge is 2.15. The summed E-state index contributed by atoms with van der Waals surface area (Å²) in [5, 5.41) is 11.7. The van der Waals surface area contributed by atoms with Crippen molar-refractivity contribution in [3.8, 4) is 0 Å². The van der Waals surface area contributed by atoms with Crippen molar-refractivity contribution in [2.24, 2.45) is 16.8 Å². The van der Waals surface area contributed by atoms with E-state index in [-0.39, 0.29) is 22.6 Å². The summed E-state index contributed by atoms with van der Waals surface area (Å²) < 4.78 is 13.8. The van der Waals surface area contributed by atoms with E-state index in [2.05, 4.69) is 5.16 Å². The summed E-state index contributed by atoms with van der Waals surface area (Å²) in [5.74, 6) is -0.323. The fraction of sp³-hybridized carbons (Fsp3) is 0.462. The van der Waals surface area contributed by atoms with E-state index in [1.165, 1.54) is 6.07 Å². The molecule has 0 heterocycles. The van der Waals surface area contributed by atoms with E-state index >= 15 is 0 Å². The van der Waals surface area contributed by atoms with E-state index in [9.17, 15) is 4.39 Å². The number of benzene rings is 1. The molecule has 0 aromatic heterocycles. The standard InChI is InChI=1S/C13H19ClFN3O/c1-3-18(7-9(2)13(16)17-19)8-10-5-4-6-11(14)12(10)15/h4-6,9,19H,3,7-8H2,1-2H3,(H2,16,17). The molecule has 106 valence electrons. The van der Waals surface area contributed by atoms with Crippen LogP contribution < -0.4 is 5.73 Å². The monoisotopic (exact) mass is 287 g/mol. The number of halogens is 2. The minimum absolute atomic E-state index is 0.104. The van der Waals surface area contributed by atoms with E-state index in [0.717, 1.165) is 6.54 Å². The van der Waals surface area contributed by atoms with Gasteiger partial charge in [-0.3, -0.25) is 4.90 Å². The summed E-state index contributed by atoms with van der Waals surface area (Å²) >= 11 is 5.75. The zero-order valence-electron chi connectivity index (χ0n) is 11.1. The number of amidine groups is 1. The van der Waals surface area contributed by atoms with Crippen molar-refractivity contribution < 1.29 is 9.60 Å². The van der Waals surface area contributed by atoms with Crippen LogP contribution in [0.5, 0.6) is 0 Å². The van der Waals surface area contributed by atoms with Crippen LogP contribution in [0.3, 0.4) is 0 Å². The number of nitrogens with zero attached hydrogens (tertiary/aromatic N) is 2. The summed E-state index contributed by atoms with van der Waals surface area (Å²) in [4.78, 5) is 2.01. The Balaban J connectivity index is 2.74. The molecule has 0 bridgehead atoms. The Kier molecular flexibility index (Phi) is 6.05. The first kappa shape index (κ1) is 15.7.